The molecule has 0 radical (unpaired) electrons. The summed E-state index contributed by atoms with van der Waals surface area (Å²) < 4.78 is 40.8. The lowest BCUT2D eigenvalue weighted by molar-refractivity contribution is -0.149. The van der Waals surface area contributed by atoms with Crippen LogP contribution in [0.25, 0.3) is 0 Å². The van der Waals surface area contributed by atoms with Gasteiger partial charge in [-0.1, -0.05) is 0 Å². The summed E-state index contributed by atoms with van der Waals surface area (Å²) in [6.45, 7) is 2.69. The Morgan fingerprint density at radius 1 is 1.17 bits per heavy atom. The minimum atomic E-state index is -3.62. The maximum Gasteiger partial charge on any atom is 0.346 e. The minimum Gasteiger partial charge on any atom is -0.466 e. The Bertz CT molecular complexity index is 693. The number of esters is 2. The Hall–Kier alpha value is -1.97. The normalized spacial score (nSPS) is 17.1. The molecule has 0 spiro atoms. The molecule has 0 aromatic heterocycles. The molecule has 1 aliphatic heterocycles. The quantitative estimate of drug-likeness (QED) is 0.704. The van der Waals surface area contributed by atoms with E-state index in [-0.39, 0.29) is 10.5 Å². The number of nitrogens with zero attached hydrogens (tertiary/aromatic N) is 1. The van der Waals surface area contributed by atoms with Gasteiger partial charge in [0.25, 0.3) is 0 Å². The van der Waals surface area contributed by atoms with Gasteiger partial charge in [-0.25, -0.2) is 18.0 Å². The first kappa shape index (κ1) is 18.4. The third-order valence-electron chi connectivity index (χ3n) is 3.51. The van der Waals surface area contributed by atoms with E-state index in [4.69, 9.17) is 9.47 Å². The molecule has 1 fully saturated rings. The summed E-state index contributed by atoms with van der Waals surface area (Å²) >= 11 is 0. The zero-order valence-corrected chi connectivity index (χ0v) is 14.2. The summed E-state index contributed by atoms with van der Waals surface area (Å²) in [5.41, 5.74) is 0.145. The summed E-state index contributed by atoms with van der Waals surface area (Å²) in [6, 6.07) is 5.37. The van der Waals surface area contributed by atoms with Gasteiger partial charge in [0.15, 0.2) is 6.10 Å². The van der Waals surface area contributed by atoms with E-state index < -0.39 is 28.1 Å². The molecule has 0 bridgehead atoms. The largest absolute Gasteiger partial charge is 0.466 e. The number of sulfonamides is 1. The van der Waals surface area contributed by atoms with Crippen LogP contribution in [0.4, 0.5) is 0 Å². The van der Waals surface area contributed by atoms with Gasteiger partial charge in [-0.15, -0.1) is 0 Å². The molecule has 0 amide bonds. The van der Waals surface area contributed by atoms with Crippen molar-refractivity contribution < 1.29 is 32.2 Å². The highest BCUT2D eigenvalue weighted by Crippen LogP contribution is 2.18. The van der Waals surface area contributed by atoms with Crippen LogP contribution in [-0.4, -0.2) is 64.2 Å². The van der Waals surface area contributed by atoms with Gasteiger partial charge in [0.05, 0.1) is 30.8 Å². The van der Waals surface area contributed by atoms with Crippen LogP contribution in [0, 0.1) is 0 Å². The molecule has 1 saturated heterocycles. The molecule has 132 valence electrons. The molecule has 1 aliphatic rings. The van der Waals surface area contributed by atoms with Crippen molar-refractivity contribution in [1.29, 1.82) is 0 Å². The monoisotopic (exact) mass is 357 g/mol. The molecule has 1 atom stereocenters. The molecule has 1 aromatic carbocycles. The minimum absolute atomic E-state index is 0.0852. The van der Waals surface area contributed by atoms with Gasteiger partial charge in [-0.05, 0) is 31.2 Å². The van der Waals surface area contributed by atoms with Gasteiger partial charge < -0.3 is 14.2 Å². The second kappa shape index (κ2) is 7.73. The zero-order chi connectivity index (χ0) is 17.7. The lowest BCUT2D eigenvalue weighted by atomic mass is 10.2. The van der Waals surface area contributed by atoms with Crippen molar-refractivity contribution in [3.8, 4) is 0 Å². The first-order valence-electron chi connectivity index (χ1n) is 7.33. The summed E-state index contributed by atoms with van der Waals surface area (Å²) in [6.07, 6.45) is -1.04. The van der Waals surface area contributed by atoms with E-state index in [1.165, 1.54) is 42.6 Å². The molecular weight excluding hydrogens is 338 g/mol. The van der Waals surface area contributed by atoms with Crippen LogP contribution in [-0.2, 0) is 29.0 Å². The van der Waals surface area contributed by atoms with Gasteiger partial charge >= 0.3 is 11.9 Å². The van der Waals surface area contributed by atoms with Crippen molar-refractivity contribution in [2.45, 2.75) is 17.9 Å². The molecule has 2 rings (SSSR count). The van der Waals surface area contributed by atoms with Gasteiger partial charge in [0.2, 0.25) is 10.0 Å². The molecule has 0 saturated carbocycles. The van der Waals surface area contributed by atoms with E-state index in [2.05, 4.69) is 4.74 Å². The fourth-order valence-corrected chi connectivity index (χ4v) is 3.55. The Kier molecular flexibility index (Phi) is 5.92. The number of hydrogen-bond donors (Lipinski definition) is 0. The molecule has 1 heterocycles. The summed E-state index contributed by atoms with van der Waals surface area (Å²) in [7, 11) is -2.43. The predicted molar refractivity (Wildman–Crippen MR) is 82.9 cm³/mol. The molecule has 0 unspecified atom stereocenters. The number of ether oxygens (including phenoxy) is 3. The topological polar surface area (TPSA) is 99.2 Å². The fourth-order valence-electron chi connectivity index (χ4n) is 2.14. The number of carbonyl (C=O) groups excluding carboxylic acids is 2. The number of rotatable bonds is 5. The summed E-state index contributed by atoms with van der Waals surface area (Å²) in [4.78, 5) is 23.3. The maximum absolute atomic E-state index is 12.5. The standard InChI is InChI=1S/C15H19NO7S/c1-11(14(17)21-2)23-15(18)12-3-5-13(6-4-12)24(19,20)16-7-9-22-10-8-16/h3-6,11H,7-10H2,1-2H3/t11-/m1/s1. The molecule has 8 nitrogen and oxygen atoms in total. The lowest BCUT2D eigenvalue weighted by Gasteiger charge is -2.26. The van der Waals surface area contributed by atoms with Gasteiger partial charge in [-0.3, -0.25) is 0 Å². The van der Waals surface area contributed by atoms with Crippen LogP contribution >= 0.6 is 0 Å². The Morgan fingerprint density at radius 3 is 2.29 bits per heavy atom. The highest BCUT2D eigenvalue weighted by Gasteiger charge is 2.26. The second-order valence-corrected chi connectivity index (χ2v) is 7.05. The molecule has 0 aliphatic carbocycles. The molecular formula is C15H19NO7S. The molecule has 24 heavy (non-hydrogen) atoms. The van der Waals surface area contributed by atoms with Crippen molar-refractivity contribution in [2.75, 3.05) is 33.4 Å². The average Bonchev–Trinajstić information content (AvgIpc) is 2.61. The number of hydrogen-bond acceptors (Lipinski definition) is 7. The van der Waals surface area contributed by atoms with Crippen molar-refractivity contribution in [3.63, 3.8) is 0 Å². The Labute approximate surface area is 140 Å². The van der Waals surface area contributed by atoms with E-state index in [0.29, 0.717) is 26.3 Å². The van der Waals surface area contributed by atoms with Crippen LogP contribution in [0.1, 0.15) is 17.3 Å². The van der Waals surface area contributed by atoms with Crippen molar-refractivity contribution in [1.82, 2.24) is 4.31 Å². The van der Waals surface area contributed by atoms with E-state index in [0.717, 1.165) is 0 Å². The maximum atomic E-state index is 12.5. The highest BCUT2D eigenvalue weighted by molar-refractivity contribution is 7.89. The third kappa shape index (κ3) is 4.11. The Morgan fingerprint density at radius 2 is 1.75 bits per heavy atom. The number of methoxy groups -OCH3 is 1. The SMILES string of the molecule is COC(=O)[C@@H](C)OC(=O)c1ccc(S(=O)(=O)N2CCOCC2)cc1. The smallest absolute Gasteiger partial charge is 0.346 e. The van der Waals surface area contributed by atoms with Crippen molar-refractivity contribution >= 4 is 22.0 Å². The van der Waals surface area contributed by atoms with Crippen molar-refractivity contribution in [2.24, 2.45) is 0 Å². The van der Waals surface area contributed by atoms with Gasteiger partial charge in [0, 0.05) is 13.1 Å². The first-order chi connectivity index (χ1) is 11.4. The number of benzene rings is 1. The van der Waals surface area contributed by atoms with Crippen LogP contribution in [0.3, 0.4) is 0 Å². The van der Waals surface area contributed by atoms with Crippen LogP contribution in [0.15, 0.2) is 29.2 Å². The number of carbonyl (C=O) groups is 2. The van der Waals surface area contributed by atoms with E-state index in [1.54, 1.807) is 0 Å². The molecule has 0 N–H and O–H groups in total. The van der Waals surface area contributed by atoms with E-state index in [1.807, 2.05) is 0 Å². The second-order valence-electron chi connectivity index (χ2n) is 5.11. The van der Waals surface area contributed by atoms with Crippen LogP contribution < -0.4 is 0 Å². The summed E-state index contributed by atoms with van der Waals surface area (Å²) in [5.74, 6) is -1.40. The van der Waals surface area contributed by atoms with Crippen LogP contribution in [0.5, 0.6) is 0 Å². The van der Waals surface area contributed by atoms with E-state index >= 15 is 0 Å². The number of morpholine rings is 1. The first-order valence-corrected chi connectivity index (χ1v) is 8.77. The van der Waals surface area contributed by atoms with Crippen molar-refractivity contribution in [3.05, 3.63) is 29.8 Å². The summed E-state index contributed by atoms with van der Waals surface area (Å²) in [5, 5.41) is 0. The predicted octanol–water partition coefficient (Wildman–Crippen LogP) is 0.426. The zero-order valence-electron chi connectivity index (χ0n) is 13.4. The van der Waals surface area contributed by atoms with Gasteiger partial charge in [0.1, 0.15) is 0 Å². The third-order valence-corrected chi connectivity index (χ3v) is 5.43. The fraction of sp³-hybridized carbons (Fsp3) is 0.467. The molecule has 1 aromatic rings. The Balaban J connectivity index is 2.09. The molecule has 9 heteroatoms. The van der Waals surface area contributed by atoms with Crippen LogP contribution in [0.2, 0.25) is 0 Å². The van der Waals surface area contributed by atoms with Gasteiger partial charge in [-0.2, -0.15) is 4.31 Å². The highest BCUT2D eigenvalue weighted by atomic mass is 32.2. The average molecular weight is 357 g/mol. The van der Waals surface area contributed by atoms with E-state index in [9.17, 15) is 18.0 Å². The lowest BCUT2D eigenvalue weighted by Crippen LogP contribution is -2.40.